The Labute approximate surface area is 758 Å². The highest BCUT2D eigenvalue weighted by Gasteiger charge is 2.53. The maximum Gasteiger partial charge on any atom is 0.252 e. The molecular formula is C123H128BN3. The van der Waals surface area contributed by atoms with E-state index in [2.05, 4.69) is 347 Å². The van der Waals surface area contributed by atoms with Crippen molar-refractivity contribution in [3.8, 4) is 55.6 Å². The fourth-order valence-electron chi connectivity index (χ4n) is 27.7. The number of fused-ring (bicyclic) bond motifs is 4. The van der Waals surface area contributed by atoms with Gasteiger partial charge < -0.3 is 14.7 Å². The molecule has 638 valence electrons. The van der Waals surface area contributed by atoms with Gasteiger partial charge in [0.25, 0.3) is 6.71 Å². The highest BCUT2D eigenvalue weighted by atomic mass is 15.2. The molecule has 0 amide bonds. The summed E-state index contributed by atoms with van der Waals surface area (Å²) in [4.78, 5) is 8.94. The zero-order chi connectivity index (χ0) is 86.0. The summed E-state index contributed by atoms with van der Waals surface area (Å²) in [5.74, 6) is 4.67. The minimum atomic E-state index is -0.229. The first kappa shape index (κ1) is 79.9. The summed E-state index contributed by atoms with van der Waals surface area (Å²) in [7, 11) is 0. The molecule has 2 saturated heterocycles. The second kappa shape index (κ2) is 30.1. The summed E-state index contributed by atoms with van der Waals surface area (Å²) in [5.41, 5.74) is 45.7. The molecule has 5 unspecified atom stereocenters. The number of hydrogen-bond acceptors (Lipinski definition) is 3. The molecule has 3 nitrogen and oxygen atoms in total. The van der Waals surface area contributed by atoms with Gasteiger partial charge in [-0.3, -0.25) is 0 Å². The van der Waals surface area contributed by atoms with Gasteiger partial charge in [0, 0.05) is 74.6 Å². The molecule has 11 aromatic carbocycles. The molecule has 25 rings (SSSR count). The lowest BCUT2D eigenvalue weighted by Gasteiger charge is -2.58. The Balaban J connectivity index is 0.870. The maximum absolute atomic E-state index is 3.06. The van der Waals surface area contributed by atoms with Gasteiger partial charge in [-0.2, -0.15) is 0 Å². The Morgan fingerprint density at radius 3 is 1.42 bits per heavy atom. The van der Waals surface area contributed by atoms with Crippen molar-refractivity contribution in [3.05, 3.63) is 316 Å². The van der Waals surface area contributed by atoms with Crippen molar-refractivity contribution in [2.75, 3.05) is 14.7 Å². The van der Waals surface area contributed by atoms with E-state index in [-0.39, 0.29) is 34.3 Å². The first-order valence-corrected chi connectivity index (χ1v) is 49.8. The van der Waals surface area contributed by atoms with Crippen LogP contribution in [0.1, 0.15) is 255 Å². The van der Waals surface area contributed by atoms with Crippen LogP contribution in [0.2, 0.25) is 0 Å². The average molecular weight is 1660 g/mol. The van der Waals surface area contributed by atoms with Crippen LogP contribution in [0.15, 0.2) is 277 Å². The van der Waals surface area contributed by atoms with Gasteiger partial charge in [-0.25, -0.2) is 0 Å². The third-order valence-corrected chi connectivity index (χ3v) is 34.1. The molecule has 0 N–H and O–H groups in total. The first-order chi connectivity index (χ1) is 61.4. The third-order valence-electron chi connectivity index (χ3n) is 34.1. The van der Waals surface area contributed by atoms with Crippen molar-refractivity contribution in [2.24, 2.45) is 51.8 Å². The molecule has 5 atom stereocenters. The van der Waals surface area contributed by atoms with Crippen LogP contribution in [0, 0.1) is 51.8 Å². The van der Waals surface area contributed by atoms with Crippen LogP contribution in [-0.2, 0) is 18.3 Å². The minimum absolute atomic E-state index is 0.0303. The molecule has 0 spiro atoms. The van der Waals surface area contributed by atoms with Crippen LogP contribution < -0.4 is 31.1 Å². The number of allylic oxidation sites excluding steroid dienone is 12. The van der Waals surface area contributed by atoms with Gasteiger partial charge in [0.2, 0.25) is 0 Å². The Morgan fingerprint density at radius 1 is 0.394 bits per heavy atom. The van der Waals surface area contributed by atoms with Gasteiger partial charge in [-0.1, -0.05) is 321 Å². The van der Waals surface area contributed by atoms with Crippen LogP contribution >= 0.6 is 0 Å². The third kappa shape index (κ3) is 13.4. The first-order valence-electron chi connectivity index (χ1n) is 49.8. The predicted octanol–water partition coefficient (Wildman–Crippen LogP) is 31.5. The van der Waals surface area contributed by atoms with Crippen LogP contribution in [0.25, 0.3) is 72.0 Å². The molecule has 4 heteroatoms. The lowest BCUT2D eigenvalue weighted by Crippen LogP contribution is -2.62. The number of benzene rings is 11. The smallest absolute Gasteiger partial charge is 0.252 e. The van der Waals surface area contributed by atoms with E-state index in [1.54, 1.807) is 27.6 Å². The van der Waals surface area contributed by atoms with E-state index in [9.17, 15) is 0 Å². The van der Waals surface area contributed by atoms with Crippen LogP contribution in [-0.4, -0.2) is 18.8 Å². The van der Waals surface area contributed by atoms with Crippen LogP contribution in [0.4, 0.5) is 39.8 Å². The lowest BCUT2D eigenvalue weighted by molar-refractivity contribution is 0.0900. The van der Waals surface area contributed by atoms with Crippen molar-refractivity contribution < 1.29 is 0 Å². The summed E-state index contributed by atoms with van der Waals surface area (Å²) in [6.07, 6.45) is 40.7. The lowest BCUT2D eigenvalue weighted by atomic mass is 9.33. The fraction of sp³-hybridized carbons (Fsp3) is 0.382. The molecular weight excluding hydrogens is 1530 g/mol. The van der Waals surface area contributed by atoms with Crippen molar-refractivity contribution in [1.29, 1.82) is 0 Å². The second-order valence-electron chi connectivity index (χ2n) is 45.9. The molecule has 4 aliphatic heterocycles. The number of nitrogens with zero attached hydrogens (tertiary/aromatic N) is 3. The molecule has 11 aromatic rings. The molecule has 6 fully saturated rings. The van der Waals surface area contributed by atoms with Crippen LogP contribution in [0.5, 0.6) is 0 Å². The van der Waals surface area contributed by atoms with E-state index in [1.807, 2.05) is 0 Å². The Morgan fingerprint density at radius 2 is 0.913 bits per heavy atom. The second-order valence-corrected chi connectivity index (χ2v) is 45.9. The molecule has 0 radical (unpaired) electrons. The van der Waals surface area contributed by atoms with Crippen molar-refractivity contribution >= 4 is 79.3 Å². The Bertz CT molecular complexity index is 6350. The topological polar surface area (TPSA) is 9.72 Å². The number of rotatable bonds is 11. The summed E-state index contributed by atoms with van der Waals surface area (Å²) in [6, 6.07) is 88.9. The fourth-order valence-corrected chi connectivity index (χ4v) is 27.7. The zero-order valence-corrected chi connectivity index (χ0v) is 77.6. The Kier molecular flexibility index (Phi) is 18.9. The van der Waals surface area contributed by atoms with Gasteiger partial charge in [-0.15, -0.1) is 0 Å². The molecule has 4 bridgehead atoms. The normalized spacial score (nSPS) is 24.0. The van der Waals surface area contributed by atoms with E-state index < -0.39 is 0 Å². The molecule has 127 heavy (non-hydrogen) atoms. The molecule has 10 aliphatic carbocycles. The monoisotopic (exact) mass is 1660 g/mol. The molecule has 14 aliphatic rings. The Hall–Kier alpha value is -10.4. The predicted molar refractivity (Wildman–Crippen MR) is 540 cm³/mol. The highest BCUT2D eigenvalue weighted by molar-refractivity contribution is 7.00. The van der Waals surface area contributed by atoms with Gasteiger partial charge in [-0.05, 0) is 335 Å². The highest BCUT2D eigenvalue weighted by Crippen LogP contribution is 2.63. The number of piperidine rings is 2. The SMILES string of the molecule is CC(C)(C)C1=CC2=C(c3ccc4c(c3)B3c5cc(-c6cc7c8c9c(cc(C(C)(C)C)cc69)CCC8CC(C(C)(C)C)C7)ccc5N(c5c(-c6ccccc6)cc(C6CCCCC6)cc5-c5ccccc5)c5cc(N6C7CC8CC(C7)CC6C8)cc(c53)N4c3c(-c4ccccc4)cc(C4CCCCC4)cc3-c3ccccc3)C=C3C=C(C(C)(C)C)CC4C=CC(=C1)C2C34. The van der Waals surface area contributed by atoms with E-state index in [0.29, 0.717) is 47.6 Å². The number of anilines is 7. The molecule has 4 saturated carbocycles. The van der Waals surface area contributed by atoms with E-state index >= 15 is 0 Å². The summed E-state index contributed by atoms with van der Waals surface area (Å²) >= 11 is 0. The van der Waals surface area contributed by atoms with Gasteiger partial charge in [0.1, 0.15) is 0 Å². The quantitative estimate of drug-likeness (QED) is 0.120. The molecule has 4 heterocycles. The van der Waals surface area contributed by atoms with Gasteiger partial charge >= 0.3 is 0 Å². The summed E-state index contributed by atoms with van der Waals surface area (Å²) in [5, 5.41) is 3.01. The van der Waals surface area contributed by atoms with E-state index in [1.165, 1.54) is 276 Å². The van der Waals surface area contributed by atoms with Crippen molar-refractivity contribution in [1.82, 2.24) is 0 Å². The number of aryl methyl sites for hydroxylation is 1. The maximum atomic E-state index is 3.06. The standard InChI is InChI=1S/C123H128BN3/c1-120(2,3)92-56-84-43-45-86-58-94(122(7,8)9)70-105-99(66-90(60-92)113(84)115(86)105)82-47-49-109-107(68-82)124-108-69-83(100-67-91-61-93(121(4,5)6)57-85-44-46-87-59-95(123(10,11)12)71-106(100)116(87)114(85)91)48-50-110(108)127(119-103(80-39-27-17-28-40-80)64-89(77-33-21-14-22-34-77)65-104(119)81-41-29-18-30-42-81)112-73-98(125-96-52-74-51-75(54-96)55-97(125)53-74)72-111(117(112)124)126(109)118-101(78-35-23-15-24-36-78)62-88(76-31-19-13-20-32-76)63-102(118)79-37-25-16-26-38-79/h15-18,23-30,35-43,45,47-50,58-60,62-77,84-85,93,96-97,113,115H,13-14,19-22,31-34,44,46,51-57,61H2,1-12H3. The number of hydrogen-bond donors (Lipinski definition) is 0. The average Bonchev–Trinajstić information content (AvgIpc) is 0.694. The molecule has 0 aromatic heterocycles. The van der Waals surface area contributed by atoms with E-state index in [0.717, 1.165) is 31.1 Å². The van der Waals surface area contributed by atoms with Crippen molar-refractivity contribution in [3.63, 3.8) is 0 Å². The summed E-state index contributed by atoms with van der Waals surface area (Å²) < 4.78 is 0. The summed E-state index contributed by atoms with van der Waals surface area (Å²) in [6.45, 7) is 29.4. The zero-order valence-electron chi connectivity index (χ0n) is 77.6. The van der Waals surface area contributed by atoms with Gasteiger partial charge in [0.15, 0.2) is 0 Å². The van der Waals surface area contributed by atoms with E-state index in [4.69, 9.17) is 0 Å². The minimum Gasteiger partial charge on any atom is -0.365 e. The largest absolute Gasteiger partial charge is 0.365 e. The van der Waals surface area contributed by atoms with Crippen LogP contribution in [0.3, 0.4) is 0 Å². The van der Waals surface area contributed by atoms with Crippen molar-refractivity contribution in [2.45, 2.75) is 247 Å². The van der Waals surface area contributed by atoms with Gasteiger partial charge in [0.05, 0.1) is 11.4 Å².